The summed E-state index contributed by atoms with van der Waals surface area (Å²) in [4.78, 5) is 23.9. The predicted octanol–water partition coefficient (Wildman–Crippen LogP) is 3.16. The minimum Gasteiger partial charge on any atom is -0.483 e. The van der Waals surface area contributed by atoms with Crippen LogP contribution in [-0.4, -0.2) is 31.5 Å². The second-order valence-corrected chi connectivity index (χ2v) is 7.13. The summed E-state index contributed by atoms with van der Waals surface area (Å²) in [5, 5.41) is 5.59. The van der Waals surface area contributed by atoms with E-state index >= 15 is 0 Å². The van der Waals surface area contributed by atoms with Crippen LogP contribution in [-0.2, 0) is 16.0 Å². The van der Waals surface area contributed by atoms with Crippen molar-refractivity contribution < 1.29 is 14.3 Å². The fourth-order valence-electron chi connectivity index (χ4n) is 2.84. The van der Waals surface area contributed by atoms with Crippen molar-refractivity contribution in [1.82, 2.24) is 10.6 Å². The average Bonchev–Trinajstić information content (AvgIpc) is 2.68. The quantitative estimate of drug-likeness (QED) is 0.655. The van der Waals surface area contributed by atoms with Crippen LogP contribution in [0.3, 0.4) is 0 Å². The maximum atomic E-state index is 12.0. The second-order valence-electron chi connectivity index (χ2n) is 7.13. The summed E-state index contributed by atoms with van der Waals surface area (Å²) in [5.41, 5.74) is 5.55. The van der Waals surface area contributed by atoms with E-state index in [2.05, 4.69) is 10.6 Å². The molecule has 0 aliphatic rings. The first-order chi connectivity index (χ1) is 13.4. The maximum Gasteiger partial charge on any atom is 0.258 e. The molecule has 5 heteroatoms. The van der Waals surface area contributed by atoms with E-state index in [1.807, 2.05) is 64.1 Å². The molecule has 0 atom stereocenters. The van der Waals surface area contributed by atoms with Crippen LogP contribution in [0.1, 0.15) is 34.2 Å². The number of benzene rings is 2. The van der Waals surface area contributed by atoms with Gasteiger partial charge in [-0.15, -0.1) is 0 Å². The number of carbonyl (C=O) groups is 2. The zero-order chi connectivity index (χ0) is 20.5. The summed E-state index contributed by atoms with van der Waals surface area (Å²) < 4.78 is 5.68. The van der Waals surface area contributed by atoms with E-state index in [1.165, 1.54) is 5.56 Å². The predicted molar refractivity (Wildman–Crippen MR) is 112 cm³/mol. The van der Waals surface area contributed by atoms with Crippen molar-refractivity contribution in [3.05, 3.63) is 64.2 Å². The summed E-state index contributed by atoms with van der Waals surface area (Å²) in [6.07, 6.45) is 1.15. The van der Waals surface area contributed by atoms with E-state index in [-0.39, 0.29) is 18.4 Å². The van der Waals surface area contributed by atoms with Crippen molar-refractivity contribution >= 4 is 11.8 Å². The Labute approximate surface area is 167 Å². The monoisotopic (exact) mass is 382 g/mol. The second kappa shape index (κ2) is 10.5. The van der Waals surface area contributed by atoms with Gasteiger partial charge >= 0.3 is 0 Å². The number of amides is 2. The Morgan fingerprint density at radius 2 is 1.43 bits per heavy atom. The molecule has 150 valence electrons. The summed E-state index contributed by atoms with van der Waals surface area (Å²) in [6, 6.07) is 12.2. The Balaban J connectivity index is 1.62. The Morgan fingerprint density at radius 3 is 2.11 bits per heavy atom. The van der Waals surface area contributed by atoms with E-state index in [0.717, 1.165) is 28.0 Å². The number of rotatable bonds is 9. The molecule has 0 aliphatic carbocycles. The third-order valence-electron chi connectivity index (χ3n) is 4.75. The van der Waals surface area contributed by atoms with Gasteiger partial charge in [0.15, 0.2) is 6.61 Å². The van der Waals surface area contributed by atoms with E-state index in [9.17, 15) is 9.59 Å². The molecule has 2 N–H and O–H groups in total. The van der Waals surface area contributed by atoms with Gasteiger partial charge in [-0.2, -0.15) is 0 Å². The third-order valence-corrected chi connectivity index (χ3v) is 4.75. The molecule has 0 saturated heterocycles. The molecular weight excluding hydrogens is 352 g/mol. The van der Waals surface area contributed by atoms with Crippen molar-refractivity contribution in [2.45, 2.75) is 40.5 Å². The summed E-state index contributed by atoms with van der Waals surface area (Å²) >= 11 is 0. The Morgan fingerprint density at radius 1 is 0.821 bits per heavy atom. The lowest BCUT2D eigenvalue weighted by Crippen LogP contribution is -2.36. The van der Waals surface area contributed by atoms with Crippen LogP contribution < -0.4 is 15.4 Å². The van der Waals surface area contributed by atoms with Gasteiger partial charge in [-0.3, -0.25) is 9.59 Å². The first-order valence-corrected chi connectivity index (χ1v) is 9.65. The molecule has 2 rings (SSSR count). The Kier molecular flexibility index (Phi) is 8.05. The molecule has 0 radical (unpaired) electrons. The number of hydrogen-bond donors (Lipinski definition) is 2. The van der Waals surface area contributed by atoms with Crippen LogP contribution in [0.15, 0.2) is 36.4 Å². The largest absolute Gasteiger partial charge is 0.483 e. The maximum absolute atomic E-state index is 12.0. The topological polar surface area (TPSA) is 67.4 Å². The lowest BCUT2D eigenvalue weighted by Gasteiger charge is -2.14. The highest BCUT2D eigenvalue weighted by atomic mass is 16.5. The molecule has 0 heterocycles. The van der Waals surface area contributed by atoms with Crippen molar-refractivity contribution in [2.24, 2.45) is 0 Å². The molecule has 28 heavy (non-hydrogen) atoms. The summed E-state index contributed by atoms with van der Waals surface area (Å²) in [6.45, 7) is 8.76. The highest BCUT2D eigenvalue weighted by molar-refractivity contribution is 5.78. The van der Waals surface area contributed by atoms with Crippen LogP contribution in [0.5, 0.6) is 5.75 Å². The molecule has 2 amide bonds. The molecule has 0 aromatic heterocycles. The van der Waals surface area contributed by atoms with E-state index in [1.54, 1.807) is 0 Å². The lowest BCUT2D eigenvalue weighted by molar-refractivity contribution is -0.124. The number of ether oxygens (including phenoxy) is 1. The summed E-state index contributed by atoms with van der Waals surface area (Å²) in [7, 11) is 0. The van der Waals surface area contributed by atoms with Crippen molar-refractivity contribution in [3.8, 4) is 5.75 Å². The number of carbonyl (C=O) groups excluding carboxylic acids is 2. The first kappa shape index (κ1) is 21.5. The standard InChI is InChI=1S/C23H30N2O3/c1-16-5-9-20(10-6-16)11-12-21(26)24-13-14-25-22(27)15-28-23-18(3)8-7-17(2)19(23)4/h5-10H,11-15H2,1-4H3,(H,24,26)(H,25,27). The Hall–Kier alpha value is -2.82. The normalized spacial score (nSPS) is 10.4. The SMILES string of the molecule is Cc1ccc(CCC(=O)NCCNC(=O)COc2c(C)ccc(C)c2C)cc1. The van der Waals surface area contributed by atoms with Crippen LogP contribution in [0.25, 0.3) is 0 Å². The molecular formula is C23H30N2O3. The first-order valence-electron chi connectivity index (χ1n) is 9.65. The zero-order valence-corrected chi connectivity index (χ0v) is 17.2. The van der Waals surface area contributed by atoms with Gasteiger partial charge in [-0.25, -0.2) is 0 Å². The van der Waals surface area contributed by atoms with Crippen molar-refractivity contribution in [1.29, 1.82) is 0 Å². The van der Waals surface area contributed by atoms with Gasteiger partial charge < -0.3 is 15.4 Å². The number of nitrogens with one attached hydrogen (secondary N) is 2. The Bertz CT molecular complexity index is 813. The van der Waals surface area contributed by atoms with Crippen LogP contribution in [0.2, 0.25) is 0 Å². The van der Waals surface area contributed by atoms with Gasteiger partial charge in [-0.1, -0.05) is 42.0 Å². The molecule has 0 unspecified atom stereocenters. The lowest BCUT2D eigenvalue weighted by atomic mass is 10.1. The van der Waals surface area contributed by atoms with Gasteiger partial charge in [-0.05, 0) is 56.4 Å². The molecule has 2 aromatic rings. The highest BCUT2D eigenvalue weighted by Crippen LogP contribution is 2.25. The van der Waals surface area contributed by atoms with E-state index < -0.39 is 0 Å². The van der Waals surface area contributed by atoms with Gasteiger partial charge in [0.05, 0.1) is 0 Å². The molecule has 5 nitrogen and oxygen atoms in total. The van der Waals surface area contributed by atoms with Crippen molar-refractivity contribution in [2.75, 3.05) is 19.7 Å². The van der Waals surface area contributed by atoms with Crippen LogP contribution in [0.4, 0.5) is 0 Å². The molecule has 0 bridgehead atoms. The molecule has 0 saturated carbocycles. The molecule has 0 spiro atoms. The minimum atomic E-state index is -0.200. The van der Waals surface area contributed by atoms with E-state index in [0.29, 0.717) is 25.9 Å². The third kappa shape index (κ3) is 6.72. The van der Waals surface area contributed by atoms with Crippen molar-refractivity contribution in [3.63, 3.8) is 0 Å². The fourth-order valence-corrected chi connectivity index (χ4v) is 2.84. The fraction of sp³-hybridized carbons (Fsp3) is 0.391. The van der Waals surface area contributed by atoms with Gasteiger partial charge in [0.1, 0.15) is 5.75 Å². The average molecular weight is 383 g/mol. The molecule has 0 fully saturated rings. The summed E-state index contributed by atoms with van der Waals surface area (Å²) in [5.74, 6) is 0.547. The smallest absolute Gasteiger partial charge is 0.258 e. The minimum absolute atomic E-state index is 0.0166. The van der Waals surface area contributed by atoms with Gasteiger partial charge in [0.25, 0.3) is 5.91 Å². The molecule has 2 aromatic carbocycles. The van der Waals surface area contributed by atoms with Crippen LogP contribution in [0, 0.1) is 27.7 Å². The number of hydrogen-bond acceptors (Lipinski definition) is 3. The van der Waals surface area contributed by atoms with Crippen LogP contribution >= 0.6 is 0 Å². The zero-order valence-electron chi connectivity index (χ0n) is 17.2. The van der Waals surface area contributed by atoms with Gasteiger partial charge in [0.2, 0.25) is 5.91 Å². The van der Waals surface area contributed by atoms with E-state index in [4.69, 9.17) is 4.74 Å². The van der Waals surface area contributed by atoms with Gasteiger partial charge in [0, 0.05) is 19.5 Å². The number of aryl methyl sites for hydroxylation is 4. The highest BCUT2D eigenvalue weighted by Gasteiger charge is 2.09. The molecule has 0 aliphatic heterocycles.